The number of ether oxygens (including phenoxy) is 1. The second kappa shape index (κ2) is 11.4. The van der Waals surface area contributed by atoms with Crippen molar-refractivity contribution in [2.45, 2.75) is 69.9 Å². The minimum absolute atomic E-state index is 0.0605. The minimum Gasteiger partial charge on any atom is -0.481 e. The van der Waals surface area contributed by atoms with Crippen LogP contribution in [0.25, 0.3) is 11.1 Å². The predicted molar refractivity (Wildman–Crippen MR) is 133 cm³/mol. The van der Waals surface area contributed by atoms with Crippen LogP contribution >= 0.6 is 0 Å². The molecule has 7 nitrogen and oxygen atoms in total. The van der Waals surface area contributed by atoms with Crippen LogP contribution in [-0.4, -0.2) is 41.8 Å². The van der Waals surface area contributed by atoms with Gasteiger partial charge in [0.2, 0.25) is 5.91 Å². The van der Waals surface area contributed by atoms with Gasteiger partial charge in [-0.2, -0.15) is 0 Å². The number of benzene rings is 2. The van der Waals surface area contributed by atoms with Gasteiger partial charge in [0.05, 0.1) is 5.92 Å². The summed E-state index contributed by atoms with van der Waals surface area (Å²) in [6.45, 7) is 2.19. The monoisotopic (exact) mass is 478 g/mol. The summed E-state index contributed by atoms with van der Waals surface area (Å²) in [6.07, 6.45) is 4.38. The lowest BCUT2D eigenvalue weighted by Gasteiger charge is -2.30. The van der Waals surface area contributed by atoms with Crippen molar-refractivity contribution in [3.8, 4) is 11.1 Å². The number of hydrogen-bond donors (Lipinski definition) is 3. The van der Waals surface area contributed by atoms with Crippen molar-refractivity contribution in [3.05, 3.63) is 59.7 Å². The van der Waals surface area contributed by atoms with Crippen LogP contribution in [0.5, 0.6) is 0 Å². The lowest BCUT2D eigenvalue weighted by Crippen LogP contribution is -2.53. The van der Waals surface area contributed by atoms with Gasteiger partial charge in [-0.1, -0.05) is 81.1 Å². The molecule has 7 heteroatoms. The minimum atomic E-state index is -0.885. The Morgan fingerprint density at radius 3 is 2.26 bits per heavy atom. The molecule has 0 bridgehead atoms. The fourth-order valence-corrected chi connectivity index (χ4v) is 5.34. The Morgan fingerprint density at radius 2 is 1.63 bits per heavy atom. The van der Waals surface area contributed by atoms with E-state index in [0.717, 1.165) is 47.9 Å². The molecule has 35 heavy (non-hydrogen) atoms. The molecule has 2 amide bonds. The van der Waals surface area contributed by atoms with Crippen molar-refractivity contribution in [1.29, 1.82) is 0 Å². The van der Waals surface area contributed by atoms with E-state index in [2.05, 4.69) is 34.9 Å². The predicted octanol–water partition coefficient (Wildman–Crippen LogP) is 4.84. The van der Waals surface area contributed by atoms with Crippen LogP contribution in [0.3, 0.4) is 0 Å². The quantitative estimate of drug-likeness (QED) is 0.478. The third kappa shape index (κ3) is 5.66. The Kier molecular flexibility index (Phi) is 8.06. The summed E-state index contributed by atoms with van der Waals surface area (Å²) in [5.41, 5.74) is 4.55. The van der Waals surface area contributed by atoms with Crippen LogP contribution in [0, 0.1) is 5.92 Å². The number of hydrogen-bond acceptors (Lipinski definition) is 4. The molecule has 186 valence electrons. The second-order valence-electron chi connectivity index (χ2n) is 9.51. The summed E-state index contributed by atoms with van der Waals surface area (Å²) in [5.74, 6) is -1.88. The molecule has 0 aromatic heterocycles. The van der Waals surface area contributed by atoms with E-state index < -0.39 is 30.1 Å². The second-order valence-corrected chi connectivity index (χ2v) is 9.51. The van der Waals surface area contributed by atoms with Crippen molar-refractivity contribution in [3.63, 3.8) is 0 Å². The van der Waals surface area contributed by atoms with Gasteiger partial charge in [0, 0.05) is 12.0 Å². The number of nitrogens with one attached hydrogen (secondary N) is 2. The fraction of sp³-hybridized carbons (Fsp3) is 0.464. The van der Waals surface area contributed by atoms with E-state index in [-0.39, 0.29) is 18.4 Å². The maximum atomic E-state index is 13.0. The van der Waals surface area contributed by atoms with Gasteiger partial charge in [-0.05, 0) is 41.5 Å². The van der Waals surface area contributed by atoms with Crippen LogP contribution in [-0.2, 0) is 14.3 Å². The first-order valence-electron chi connectivity index (χ1n) is 12.6. The van der Waals surface area contributed by atoms with Crippen molar-refractivity contribution in [2.75, 3.05) is 6.61 Å². The smallest absolute Gasteiger partial charge is 0.407 e. The van der Waals surface area contributed by atoms with Gasteiger partial charge >= 0.3 is 12.1 Å². The first kappa shape index (κ1) is 24.8. The molecule has 2 aromatic carbocycles. The van der Waals surface area contributed by atoms with Crippen molar-refractivity contribution in [1.82, 2.24) is 10.6 Å². The number of fused-ring (bicyclic) bond motifs is 3. The molecule has 3 N–H and O–H groups in total. The molecular weight excluding hydrogens is 444 g/mol. The zero-order valence-electron chi connectivity index (χ0n) is 20.2. The molecular formula is C28H34N2O5. The number of carboxylic acids is 1. The number of aliphatic carboxylic acids is 1. The number of carbonyl (C=O) groups excluding carboxylic acids is 2. The number of alkyl carbamates (subject to hydrolysis) is 1. The van der Waals surface area contributed by atoms with Gasteiger partial charge in [0.15, 0.2) is 0 Å². The van der Waals surface area contributed by atoms with Gasteiger partial charge in [-0.3, -0.25) is 9.59 Å². The number of carbonyl (C=O) groups is 3. The number of amides is 2. The van der Waals surface area contributed by atoms with E-state index in [1.807, 2.05) is 31.2 Å². The summed E-state index contributed by atoms with van der Waals surface area (Å²) in [5, 5.41) is 15.2. The lowest BCUT2D eigenvalue weighted by atomic mass is 9.84. The topological polar surface area (TPSA) is 105 Å². The number of rotatable bonds is 9. The number of carboxylic acid groups (broad SMARTS) is 1. The molecule has 2 aliphatic rings. The van der Waals surface area contributed by atoms with Gasteiger partial charge in [0.25, 0.3) is 0 Å². The Hall–Kier alpha value is -3.35. The highest BCUT2D eigenvalue weighted by molar-refractivity contribution is 5.86. The highest BCUT2D eigenvalue weighted by Gasteiger charge is 2.34. The van der Waals surface area contributed by atoms with Crippen molar-refractivity contribution < 1.29 is 24.2 Å². The Morgan fingerprint density at radius 1 is 1.00 bits per heavy atom. The maximum Gasteiger partial charge on any atom is 0.407 e. The number of unbranched alkanes of at least 4 members (excludes halogenated alkanes) is 1. The average Bonchev–Trinajstić information content (AvgIpc) is 3.19. The fourth-order valence-electron chi connectivity index (χ4n) is 5.34. The largest absolute Gasteiger partial charge is 0.481 e. The van der Waals surface area contributed by atoms with Crippen molar-refractivity contribution in [2.24, 2.45) is 5.92 Å². The summed E-state index contributed by atoms with van der Waals surface area (Å²) in [6, 6.07) is 15.1. The van der Waals surface area contributed by atoms with E-state index in [1.54, 1.807) is 0 Å². The molecule has 2 aliphatic carbocycles. The summed E-state index contributed by atoms with van der Waals surface area (Å²) >= 11 is 0. The zero-order chi connectivity index (χ0) is 24.8. The molecule has 2 aromatic rings. The average molecular weight is 479 g/mol. The summed E-state index contributed by atoms with van der Waals surface area (Å²) in [7, 11) is 0. The van der Waals surface area contributed by atoms with Crippen LogP contribution < -0.4 is 10.6 Å². The first-order valence-corrected chi connectivity index (χ1v) is 12.6. The molecule has 4 rings (SSSR count). The molecule has 0 radical (unpaired) electrons. The maximum absolute atomic E-state index is 13.0. The first-order chi connectivity index (χ1) is 17.0. The highest BCUT2D eigenvalue weighted by atomic mass is 16.5. The van der Waals surface area contributed by atoms with Crippen molar-refractivity contribution >= 4 is 18.0 Å². The molecule has 1 saturated carbocycles. The van der Waals surface area contributed by atoms with E-state index in [4.69, 9.17) is 4.74 Å². The normalized spacial score (nSPS) is 19.8. The van der Waals surface area contributed by atoms with E-state index in [9.17, 15) is 19.5 Å². The molecule has 0 aliphatic heterocycles. The molecule has 0 heterocycles. The molecule has 0 unspecified atom stereocenters. The molecule has 0 spiro atoms. The third-order valence-corrected chi connectivity index (χ3v) is 7.21. The van der Waals surface area contributed by atoms with E-state index in [1.165, 1.54) is 0 Å². The van der Waals surface area contributed by atoms with Crippen LogP contribution in [0.2, 0.25) is 0 Å². The third-order valence-electron chi connectivity index (χ3n) is 7.21. The van der Waals surface area contributed by atoms with Gasteiger partial charge in [0.1, 0.15) is 12.6 Å². The van der Waals surface area contributed by atoms with Gasteiger partial charge < -0.3 is 20.5 Å². The van der Waals surface area contributed by atoms with Crippen LogP contribution in [0.4, 0.5) is 4.79 Å². The highest BCUT2D eigenvalue weighted by Crippen LogP contribution is 2.44. The standard InChI is InChI=1S/C28H34N2O5/c1-2-3-15-25(26(31)29-24-16-9-8-14-22(24)27(32)33)30-28(34)35-17-23-20-12-6-4-10-18(20)19-11-5-7-13-21(19)23/h4-7,10-13,22-25H,2-3,8-9,14-17H2,1H3,(H,29,31)(H,30,34)(H,32,33)/t22-,24+,25-/m0/s1. The van der Waals surface area contributed by atoms with Crippen LogP contribution in [0.1, 0.15) is 68.9 Å². The van der Waals surface area contributed by atoms with E-state index >= 15 is 0 Å². The Bertz CT molecular complexity index is 1020. The summed E-state index contributed by atoms with van der Waals surface area (Å²) in [4.78, 5) is 37.4. The Balaban J connectivity index is 1.39. The SMILES string of the molecule is CCCC[C@H](NC(=O)OCC1c2ccccc2-c2ccccc21)C(=O)N[C@@H]1CCCC[C@@H]1C(=O)O. The lowest BCUT2D eigenvalue weighted by molar-refractivity contribution is -0.144. The van der Waals surface area contributed by atoms with E-state index in [0.29, 0.717) is 19.3 Å². The van der Waals surface area contributed by atoms with Gasteiger partial charge in [-0.15, -0.1) is 0 Å². The van der Waals surface area contributed by atoms with Crippen LogP contribution in [0.15, 0.2) is 48.5 Å². The zero-order valence-corrected chi connectivity index (χ0v) is 20.2. The Labute approximate surface area is 206 Å². The molecule has 0 saturated heterocycles. The molecule has 1 fully saturated rings. The summed E-state index contributed by atoms with van der Waals surface area (Å²) < 4.78 is 5.63. The van der Waals surface area contributed by atoms with Gasteiger partial charge in [-0.25, -0.2) is 4.79 Å². The molecule has 3 atom stereocenters.